The number of ether oxygens (including phenoxy) is 1. The second-order valence-corrected chi connectivity index (χ2v) is 5.62. The summed E-state index contributed by atoms with van der Waals surface area (Å²) in [4.78, 5) is 23.6. The average molecular weight is 308 g/mol. The highest BCUT2D eigenvalue weighted by atomic mass is 35.5. The smallest absolute Gasteiger partial charge is 0.310 e. The molecule has 1 amide bonds. The molecule has 21 heavy (non-hydrogen) atoms. The molecule has 0 aliphatic carbocycles. The summed E-state index contributed by atoms with van der Waals surface area (Å²) in [5.74, 6) is -2.79. The van der Waals surface area contributed by atoms with Crippen LogP contribution < -0.4 is 5.32 Å². The van der Waals surface area contributed by atoms with Crippen LogP contribution in [-0.4, -0.2) is 29.2 Å². The zero-order chi connectivity index (χ0) is 15.0. The number of benzene rings is 1. The zero-order valence-corrected chi connectivity index (χ0v) is 11.8. The summed E-state index contributed by atoms with van der Waals surface area (Å²) in [7, 11) is 0. The lowest BCUT2D eigenvalue weighted by molar-refractivity contribution is -0.146. The van der Waals surface area contributed by atoms with Gasteiger partial charge in [-0.15, -0.1) is 0 Å². The van der Waals surface area contributed by atoms with Crippen molar-refractivity contribution >= 4 is 23.5 Å². The lowest BCUT2D eigenvalue weighted by Crippen LogP contribution is -2.42. The van der Waals surface area contributed by atoms with Crippen LogP contribution in [0.25, 0.3) is 0 Å². The SMILES string of the molecule is O=C(O)[C@H]1[C@H](C(=O)NCc2ccc(Cl)cc2)[C@H]2C=C[C@H]1O2. The van der Waals surface area contributed by atoms with E-state index in [4.69, 9.17) is 16.3 Å². The first kappa shape index (κ1) is 14.1. The Kier molecular flexibility index (Phi) is 3.69. The third-order valence-electron chi connectivity index (χ3n) is 3.87. The fourth-order valence-corrected chi connectivity index (χ4v) is 2.95. The highest BCUT2D eigenvalue weighted by Crippen LogP contribution is 2.39. The van der Waals surface area contributed by atoms with Gasteiger partial charge in [-0.05, 0) is 17.7 Å². The van der Waals surface area contributed by atoms with Crippen LogP contribution in [0.5, 0.6) is 0 Å². The number of carbonyl (C=O) groups excluding carboxylic acids is 1. The molecule has 1 aromatic carbocycles. The fraction of sp³-hybridized carbons (Fsp3) is 0.333. The van der Waals surface area contributed by atoms with Crippen molar-refractivity contribution in [1.82, 2.24) is 5.32 Å². The average Bonchev–Trinajstić information content (AvgIpc) is 3.06. The van der Waals surface area contributed by atoms with Crippen LogP contribution in [0.15, 0.2) is 36.4 Å². The number of hydrogen-bond acceptors (Lipinski definition) is 3. The largest absolute Gasteiger partial charge is 0.481 e. The summed E-state index contributed by atoms with van der Waals surface area (Å²) >= 11 is 5.80. The van der Waals surface area contributed by atoms with E-state index in [9.17, 15) is 14.7 Å². The second-order valence-electron chi connectivity index (χ2n) is 5.18. The zero-order valence-electron chi connectivity index (χ0n) is 11.0. The number of amides is 1. The van der Waals surface area contributed by atoms with Crippen molar-refractivity contribution in [2.45, 2.75) is 18.8 Å². The lowest BCUT2D eigenvalue weighted by atomic mass is 9.82. The Hall–Kier alpha value is -1.85. The molecule has 2 heterocycles. The van der Waals surface area contributed by atoms with Gasteiger partial charge < -0.3 is 15.2 Å². The predicted molar refractivity (Wildman–Crippen MR) is 75.7 cm³/mol. The summed E-state index contributed by atoms with van der Waals surface area (Å²) in [5, 5.41) is 12.7. The number of hydrogen-bond donors (Lipinski definition) is 2. The lowest BCUT2D eigenvalue weighted by Gasteiger charge is -2.21. The van der Waals surface area contributed by atoms with Gasteiger partial charge in [0.1, 0.15) is 5.92 Å². The van der Waals surface area contributed by atoms with Crippen LogP contribution in [0.1, 0.15) is 5.56 Å². The van der Waals surface area contributed by atoms with E-state index in [-0.39, 0.29) is 5.91 Å². The van der Waals surface area contributed by atoms with Crippen molar-refractivity contribution in [3.63, 3.8) is 0 Å². The maximum Gasteiger partial charge on any atom is 0.310 e. The van der Waals surface area contributed by atoms with E-state index in [2.05, 4.69) is 5.32 Å². The van der Waals surface area contributed by atoms with E-state index in [0.717, 1.165) is 5.56 Å². The predicted octanol–water partition coefficient (Wildman–Crippen LogP) is 1.61. The van der Waals surface area contributed by atoms with Gasteiger partial charge in [0, 0.05) is 11.6 Å². The Bertz CT molecular complexity index is 598. The van der Waals surface area contributed by atoms with Crippen molar-refractivity contribution in [3.8, 4) is 0 Å². The Labute approximate surface area is 126 Å². The van der Waals surface area contributed by atoms with Crippen LogP contribution in [-0.2, 0) is 20.9 Å². The van der Waals surface area contributed by atoms with Gasteiger partial charge in [0.2, 0.25) is 5.91 Å². The Morgan fingerprint density at radius 3 is 2.38 bits per heavy atom. The normalized spacial score (nSPS) is 29.6. The minimum absolute atomic E-state index is 0.297. The van der Waals surface area contributed by atoms with Gasteiger partial charge >= 0.3 is 5.97 Å². The standard InChI is InChI=1S/C15H14ClNO4/c16-9-3-1-8(2-4-9)7-17-14(18)12-10-5-6-11(21-10)13(12)15(19)20/h1-6,10-13H,7H2,(H,17,18)(H,19,20)/t10-,11-,12-,13-/m1/s1. The summed E-state index contributed by atoms with van der Waals surface area (Å²) in [6.45, 7) is 0.333. The maximum absolute atomic E-state index is 12.3. The van der Waals surface area contributed by atoms with E-state index >= 15 is 0 Å². The molecular weight excluding hydrogens is 294 g/mol. The number of carboxylic acid groups (broad SMARTS) is 1. The minimum Gasteiger partial charge on any atom is -0.481 e. The first-order chi connectivity index (χ1) is 10.1. The summed E-state index contributed by atoms with van der Waals surface area (Å²) in [5.41, 5.74) is 0.902. The Balaban J connectivity index is 1.66. The van der Waals surface area contributed by atoms with Crippen LogP contribution >= 0.6 is 11.6 Å². The number of nitrogens with one attached hydrogen (secondary N) is 1. The molecular formula is C15H14ClNO4. The van der Waals surface area contributed by atoms with Gasteiger partial charge in [-0.3, -0.25) is 9.59 Å². The first-order valence-electron chi connectivity index (χ1n) is 6.65. The molecule has 2 aliphatic rings. The molecule has 4 atom stereocenters. The molecule has 0 spiro atoms. The minimum atomic E-state index is -1.00. The molecule has 0 unspecified atom stereocenters. The molecule has 5 nitrogen and oxygen atoms in total. The first-order valence-corrected chi connectivity index (χ1v) is 7.03. The number of carboxylic acids is 1. The third-order valence-corrected chi connectivity index (χ3v) is 4.12. The molecule has 3 rings (SSSR count). The summed E-state index contributed by atoms with van der Waals surface area (Å²) < 4.78 is 5.48. The van der Waals surface area contributed by atoms with Gasteiger partial charge in [-0.2, -0.15) is 0 Å². The van der Waals surface area contributed by atoms with E-state index in [1.54, 1.807) is 24.3 Å². The van der Waals surface area contributed by atoms with Gasteiger partial charge in [0.25, 0.3) is 0 Å². The fourth-order valence-electron chi connectivity index (χ4n) is 2.82. The Morgan fingerprint density at radius 2 is 1.76 bits per heavy atom. The molecule has 0 aromatic heterocycles. The van der Waals surface area contributed by atoms with Crippen LogP contribution in [0.4, 0.5) is 0 Å². The molecule has 2 aliphatic heterocycles. The van der Waals surface area contributed by atoms with Crippen LogP contribution in [0.2, 0.25) is 5.02 Å². The second kappa shape index (κ2) is 5.50. The molecule has 0 radical (unpaired) electrons. The molecule has 1 fully saturated rings. The quantitative estimate of drug-likeness (QED) is 0.829. The molecule has 0 saturated carbocycles. The monoisotopic (exact) mass is 307 g/mol. The maximum atomic E-state index is 12.3. The Morgan fingerprint density at radius 1 is 1.14 bits per heavy atom. The third kappa shape index (κ3) is 2.66. The van der Waals surface area contributed by atoms with Gasteiger partial charge in [0.05, 0.1) is 18.1 Å². The molecule has 2 N–H and O–H groups in total. The number of carbonyl (C=O) groups is 2. The molecule has 1 aromatic rings. The number of fused-ring (bicyclic) bond motifs is 2. The molecule has 110 valence electrons. The molecule has 2 bridgehead atoms. The van der Waals surface area contributed by atoms with Crippen molar-refractivity contribution < 1.29 is 19.4 Å². The number of rotatable bonds is 4. The van der Waals surface area contributed by atoms with Crippen LogP contribution in [0.3, 0.4) is 0 Å². The van der Waals surface area contributed by atoms with E-state index in [1.165, 1.54) is 0 Å². The number of aliphatic carboxylic acids is 1. The molecule has 6 heteroatoms. The van der Waals surface area contributed by atoms with E-state index in [0.29, 0.717) is 11.6 Å². The summed E-state index contributed by atoms with van der Waals surface area (Å²) in [6, 6.07) is 7.11. The highest BCUT2D eigenvalue weighted by molar-refractivity contribution is 6.30. The highest BCUT2D eigenvalue weighted by Gasteiger charge is 2.53. The molecule has 1 saturated heterocycles. The van der Waals surface area contributed by atoms with Crippen molar-refractivity contribution in [3.05, 3.63) is 47.0 Å². The van der Waals surface area contributed by atoms with Gasteiger partial charge in [0.15, 0.2) is 0 Å². The van der Waals surface area contributed by atoms with Gasteiger partial charge in [-0.1, -0.05) is 35.9 Å². The number of halogens is 1. The van der Waals surface area contributed by atoms with Crippen molar-refractivity contribution in [1.29, 1.82) is 0 Å². The topological polar surface area (TPSA) is 75.6 Å². The van der Waals surface area contributed by atoms with Crippen molar-refractivity contribution in [2.75, 3.05) is 0 Å². The van der Waals surface area contributed by atoms with E-state index in [1.807, 2.05) is 12.1 Å². The van der Waals surface area contributed by atoms with Crippen LogP contribution in [0, 0.1) is 11.8 Å². The summed E-state index contributed by atoms with van der Waals surface area (Å²) in [6.07, 6.45) is 2.53. The van der Waals surface area contributed by atoms with Crippen molar-refractivity contribution in [2.24, 2.45) is 11.8 Å². The van der Waals surface area contributed by atoms with Gasteiger partial charge in [-0.25, -0.2) is 0 Å². The van der Waals surface area contributed by atoms with E-state index < -0.39 is 30.0 Å².